The Morgan fingerprint density at radius 3 is 2.75 bits per heavy atom. The second-order valence-corrected chi connectivity index (χ2v) is 3.28. The number of esters is 1. The van der Waals surface area contributed by atoms with Crippen molar-refractivity contribution in [3.05, 3.63) is 29.2 Å². The van der Waals surface area contributed by atoms with Crippen LogP contribution in [0.2, 0.25) is 0 Å². The number of furan rings is 1. The molecule has 0 atom stereocenters. The summed E-state index contributed by atoms with van der Waals surface area (Å²) in [5, 5.41) is 0. The van der Waals surface area contributed by atoms with Gasteiger partial charge in [0.2, 0.25) is 0 Å². The average molecular weight is 222 g/mol. The van der Waals surface area contributed by atoms with E-state index in [1.165, 1.54) is 19.1 Å². The van der Waals surface area contributed by atoms with E-state index in [4.69, 9.17) is 9.15 Å². The van der Waals surface area contributed by atoms with Crippen LogP contribution < -0.4 is 0 Å². The molecule has 0 bridgehead atoms. The van der Waals surface area contributed by atoms with E-state index >= 15 is 0 Å². The van der Waals surface area contributed by atoms with Gasteiger partial charge in [0.1, 0.15) is 17.1 Å². The first-order chi connectivity index (χ1) is 7.54. The molecule has 0 unspecified atom stereocenters. The zero-order chi connectivity index (χ0) is 12.1. The largest absolute Gasteiger partial charge is 0.462 e. The third-order valence-electron chi connectivity index (χ3n) is 1.91. The van der Waals surface area contributed by atoms with Gasteiger partial charge in [-0.05, 0) is 39.0 Å². The molecule has 0 aromatic carbocycles. The molecule has 0 fully saturated rings. The van der Waals surface area contributed by atoms with Gasteiger partial charge < -0.3 is 9.15 Å². The average Bonchev–Trinajstić information content (AvgIpc) is 2.57. The number of hydrogen-bond donors (Lipinski definition) is 0. The Kier molecular flexibility index (Phi) is 4.05. The fraction of sp³-hybridized carbons (Fsp3) is 0.333. The smallest absolute Gasteiger partial charge is 0.341 e. The summed E-state index contributed by atoms with van der Waals surface area (Å²) in [6.45, 7) is 5.18. The summed E-state index contributed by atoms with van der Waals surface area (Å²) in [6, 6.07) is 1.56. The van der Waals surface area contributed by atoms with Crippen molar-refractivity contribution in [2.75, 3.05) is 6.61 Å². The quantitative estimate of drug-likeness (QED) is 0.579. The van der Waals surface area contributed by atoms with Crippen molar-refractivity contribution in [1.29, 1.82) is 0 Å². The first-order valence-electron chi connectivity index (χ1n) is 5.00. The Morgan fingerprint density at radius 1 is 1.50 bits per heavy atom. The van der Waals surface area contributed by atoms with Crippen molar-refractivity contribution < 1.29 is 18.7 Å². The number of carbonyl (C=O) groups excluding carboxylic acids is 2. The SMILES string of the molecule is CCOC(=O)c1cc(C=CC(C)=O)oc1C. The lowest BCUT2D eigenvalue weighted by molar-refractivity contribution is -0.112. The van der Waals surface area contributed by atoms with Crippen LogP contribution in [0.3, 0.4) is 0 Å². The fourth-order valence-corrected chi connectivity index (χ4v) is 1.20. The van der Waals surface area contributed by atoms with Gasteiger partial charge in [-0.3, -0.25) is 4.79 Å². The molecule has 1 rings (SSSR count). The lowest BCUT2D eigenvalue weighted by Gasteiger charge is -1.97. The van der Waals surface area contributed by atoms with Crippen LogP contribution in [0.4, 0.5) is 0 Å². The number of rotatable bonds is 4. The van der Waals surface area contributed by atoms with Crippen LogP contribution in [-0.4, -0.2) is 18.4 Å². The lowest BCUT2D eigenvalue weighted by atomic mass is 10.2. The van der Waals surface area contributed by atoms with Crippen LogP contribution >= 0.6 is 0 Å². The van der Waals surface area contributed by atoms with Crippen molar-refractivity contribution in [2.45, 2.75) is 20.8 Å². The predicted molar refractivity (Wildman–Crippen MR) is 59.1 cm³/mol. The zero-order valence-electron chi connectivity index (χ0n) is 9.57. The van der Waals surface area contributed by atoms with E-state index in [9.17, 15) is 9.59 Å². The van der Waals surface area contributed by atoms with Crippen molar-refractivity contribution in [1.82, 2.24) is 0 Å². The second kappa shape index (κ2) is 5.30. The van der Waals surface area contributed by atoms with E-state index in [-0.39, 0.29) is 5.78 Å². The molecule has 0 saturated heterocycles. The summed E-state index contributed by atoms with van der Waals surface area (Å²) < 4.78 is 10.2. The number of carbonyl (C=O) groups is 2. The van der Waals surface area contributed by atoms with E-state index in [1.807, 2.05) is 0 Å². The number of aryl methyl sites for hydroxylation is 1. The van der Waals surface area contributed by atoms with Gasteiger partial charge in [-0.15, -0.1) is 0 Å². The molecule has 4 heteroatoms. The van der Waals surface area contributed by atoms with Crippen molar-refractivity contribution in [3.8, 4) is 0 Å². The van der Waals surface area contributed by atoms with Gasteiger partial charge >= 0.3 is 5.97 Å². The van der Waals surface area contributed by atoms with Crippen LogP contribution in [0.15, 0.2) is 16.6 Å². The summed E-state index contributed by atoms with van der Waals surface area (Å²) in [6.07, 6.45) is 2.91. The van der Waals surface area contributed by atoms with Crippen molar-refractivity contribution in [3.63, 3.8) is 0 Å². The highest BCUT2D eigenvalue weighted by atomic mass is 16.5. The molecule has 0 amide bonds. The molecule has 1 aromatic heterocycles. The number of allylic oxidation sites excluding steroid dienone is 1. The Bertz CT molecular complexity index is 426. The third kappa shape index (κ3) is 3.08. The van der Waals surface area contributed by atoms with E-state index in [0.717, 1.165) is 0 Å². The highest BCUT2D eigenvalue weighted by Crippen LogP contribution is 2.16. The first kappa shape index (κ1) is 12.2. The monoisotopic (exact) mass is 222 g/mol. The van der Waals surface area contributed by atoms with E-state index in [2.05, 4.69) is 0 Å². The maximum atomic E-state index is 11.4. The van der Waals surface area contributed by atoms with Gasteiger partial charge in [-0.1, -0.05) is 0 Å². The van der Waals surface area contributed by atoms with Gasteiger partial charge in [0.15, 0.2) is 5.78 Å². The fourth-order valence-electron chi connectivity index (χ4n) is 1.20. The number of ketones is 1. The maximum absolute atomic E-state index is 11.4. The first-order valence-corrected chi connectivity index (χ1v) is 5.00. The normalized spacial score (nSPS) is 10.7. The summed E-state index contributed by atoms with van der Waals surface area (Å²) in [5.74, 6) is 0.468. The zero-order valence-corrected chi connectivity index (χ0v) is 9.57. The minimum absolute atomic E-state index is 0.0771. The maximum Gasteiger partial charge on any atom is 0.341 e. The molecule has 0 aliphatic rings. The molecular formula is C12H14O4. The highest BCUT2D eigenvalue weighted by molar-refractivity contribution is 5.93. The summed E-state index contributed by atoms with van der Waals surface area (Å²) in [7, 11) is 0. The molecule has 0 saturated carbocycles. The topological polar surface area (TPSA) is 56.5 Å². The minimum atomic E-state index is -0.411. The van der Waals surface area contributed by atoms with Gasteiger partial charge in [0.25, 0.3) is 0 Å². The predicted octanol–water partition coefficient (Wildman–Crippen LogP) is 2.37. The van der Waals surface area contributed by atoms with Crippen LogP contribution in [0.1, 0.15) is 35.7 Å². The molecule has 0 aliphatic heterocycles. The Morgan fingerprint density at radius 2 is 2.19 bits per heavy atom. The van der Waals surface area contributed by atoms with Crippen LogP contribution in [0, 0.1) is 6.92 Å². The Hall–Kier alpha value is -1.84. The van der Waals surface area contributed by atoms with Crippen LogP contribution in [0.5, 0.6) is 0 Å². The molecule has 1 heterocycles. The molecule has 0 aliphatic carbocycles. The molecule has 0 spiro atoms. The van der Waals surface area contributed by atoms with Crippen molar-refractivity contribution in [2.24, 2.45) is 0 Å². The van der Waals surface area contributed by atoms with Gasteiger partial charge in [-0.2, -0.15) is 0 Å². The van der Waals surface area contributed by atoms with Gasteiger partial charge in [0, 0.05) is 0 Å². The molecule has 0 radical (unpaired) electrons. The van der Waals surface area contributed by atoms with E-state index < -0.39 is 5.97 Å². The molecule has 0 N–H and O–H groups in total. The van der Waals surface area contributed by atoms with Crippen LogP contribution in [-0.2, 0) is 9.53 Å². The van der Waals surface area contributed by atoms with E-state index in [1.54, 1.807) is 19.9 Å². The lowest BCUT2D eigenvalue weighted by Crippen LogP contribution is -2.04. The van der Waals surface area contributed by atoms with Crippen molar-refractivity contribution >= 4 is 17.8 Å². The Labute approximate surface area is 93.9 Å². The number of hydrogen-bond acceptors (Lipinski definition) is 4. The standard InChI is InChI=1S/C12H14O4/c1-4-15-12(14)11-7-10(16-9(11)3)6-5-8(2)13/h5-7H,4H2,1-3H3. The minimum Gasteiger partial charge on any atom is -0.462 e. The summed E-state index contributed by atoms with van der Waals surface area (Å²) >= 11 is 0. The summed E-state index contributed by atoms with van der Waals surface area (Å²) in [4.78, 5) is 22.2. The second-order valence-electron chi connectivity index (χ2n) is 3.28. The molecule has 4 nitrogen and oxygen atoms in total. The molecular weight excluding hydrogens is 208 g/mol. The third-order valence-corrected chi connectivity index (χ3v) is 1.91. The Balaban J connectivity index is 2.89. The van der Waals surface area contributed by atoms with Gasteiger partial charge in [0.05, 0.1) is 6.61 Å². The molecule has 16 heavy (non-hydrogen) atoms. The van der Waals surface area contributed by atoms with Crippen LogP contribution in [0.25, 0.3) is 6.08 Å². The van der Waals surface area contributed by atoms with Gasteiger partial charge in [-0.25, -0.2) is 4.79 Å². The summed E-state index contributed by atoms with van der Waals surface area (Å²) in [5.41, 5.74) is 0.394. The van der Waals surface area contributed by atoms with E-state index in [0.29, 0.717) is 23.7 Å². The number of ether oxygens (including phenoxy) is 1. The molecule has 1 aromatic rings. The highest BCUT2D eigenvalue weighted by Gasteiger charge is 2.14. The molecule has 86 valence electrons.